The summed E-state index contributed by atoms with van der Waals surface area (Å²) in [6, 6.07) is 4.03. The Morgan fingerprint density at radius 2 is 2.31 bits per heavy atom. The van der Waals surface area contributed by atoms with Crippen molar-refractivity contribution in [2.75, 3.05) is 0 Å². The van der Waals surface area contributed by atoms with Gasteiger partial charge in [-0.1, -0.05) is 27.5 Å². The van der Waals surface area contributed by atoms with Gasteiger partial charge in [0.15, 0.2) is 0 Å². The van der Waals surface area contributed by atoms with Crippen LogP contribution in [0.15, 0.2) is 22.4 Å². The van der Waals surface area contributed by atoms with Crippen LogP contribution in [0, 0.1) is 0 Å². The number of benzene rings is 1. The van der Waals surface area contributed by atoms with E-state index < -0.39 is 0 Å². The second-order valence-electron chi connectivity index (χ2n) is 2.66. The lowest BCUT2D eigenvalue weighted by molar-refractivity contribution is 1.34. The van der Waals surface area contributed by atoms with Crippen LogP contribution in [0.1, 0.15) is 5.56 Å². The minimum atomic E-state index is 0.726. The smallest absolute Gasteiger partial charge is 0.0549 e. The fourth-order valence-electron chi connectivity index (χ4n) is 1.26. The molecular weight excluding hydrogens is 288 g/mol. The lowest BCUT2D eigenvalue weighted by Crippen LogP contribution is -1.82. The topological polar surface area (TPSA) is 0 Å². The Kier molecular flexibility index (Phi) is 2.88. The summed E-state index contributed by atoms with van der Waals surface area (Å²) >= 11 is 15.6. The predicted molar refractivity (Wildman–Crippen MR) is 66.7 cm³/mol. The van der Waals surface area contributed by atoms with Gasteiger partial charge >= 0.3 is 0 Å². The third-order valence-corrected chi connectivity index (χ3v) is 4.39. The number of alkyl halides is 1. The maximum atomic E-state index is 6.04. The highest BCUT2D eigenvalue weighted by Crippen LogP contribution is 2.35. The third kappa shape index (κ3) is 1.63. The van der Waals surface area contributed by atoms with Crippen molar-refractivity contribution in [2.24, 2.45) is 0 Å². The van der Waals surface area contributed by atoms with Gasteiger partial charge in [-0.2, -0.15) is 0 Å². The van der Waals surface area contributed by atoms with E-state index in [1.165, 1.54) is 15.6 Å². The highest BCUT2D eigenvalue weighted by atomic mass is 79.9. The molecule has 0 aliphatic carbocycles. The van der Waals surface area contributed by atoms with Crippen molar-refractivity contribution in [1.29, 1.82) is 0 Å². The van der Waals surface area contributed by atoms with E-state index in [-0.39, 0.29) is 0 Å². The van der Waals surface area contributed by atoms with Gasteiger partial charge in [0, 0.05) is 14.9 Å². The van der Waals surface area contributed by atoms with E-state index in [0.717, 1.165) is 15.2 Å². The first-order valence-electron chi connectivity index (χ1n) is 3.67. The molecule has 0 bridgehead atoms. The van der Waals surface area contributed by atoms with Crippen molar-refractivity contribution < 1.29 is 0 Å². The van der Waals surface area contributed by atoms with E-state index in [4.69, 9.17) is 11.6 Å². The monoisotopic (exact) mass is 292 g/mol. The molecule has 4 heteroatoms. The summed E-state index contributed by atoms with van der Waals surface area (Å²) in [5.41, 5.74) is 1.18. The van der Waals surface area contributed by atoms with Crippen molar-refractivity contribution >= 4 is 61.6 Å². The predicted octanol–water partition coefficient (Wildman–Crippen LogP) is 4.74. The van der Waals surface area contributed by atoms with Crippen molar-refractivity contribution in [1.82, 2.24) is 0 Å². The average molecular weight is 294 g/mol. The Morgan fingerprint density at radius 1 is 1.54 bits per heavy atom. The number of halogens is 2. The molecule has 0 aliphatic rings. The molecule has 68 valence electrons. The van der Waals surface area contributed by atoms with Gasteiger partial charge in [0.05, 0.1) is 5.02 Å². The van der Waals surface area contributed by atoms with Gasteiger partial charge in [-0.15, -0.1) is 24.0 Å². The first-order chi connectivity index (χ1) is 6.24. The first-order valence-corrected chi connectivity index (χ1v) is 6.50. The molecule has 0 N–H and O–H groups in total. The standard InChI is InChI=1S/C9H6BrClS2/c10-4-6-8(12)7(11)3-5-1-2-13-9(5)6/h1-3,12H,4H2. The molecule has 0 unspecified atom stereocenters. The van der Waals surface area contributed by atoms with Gasteiger partial charge in [0.2, 0.25) is 0 Å². The normalized spacial score (nSPS) is 11.0. The van der Waals surface area contributed by atoms with Crippen LogP contribution in [0.5, 0.6) is 0 Å². The number of hydrogen-bond donors (Lipinski definition) is 1. The van der Waals surface area contributed by atoms with Crippen LogP contribution in [-0.4, -0.2) is 0 Å². The minimum Gasteiger partial charge on any atom is -0.143 e. The van der Waals surface area contributed by atoms with Crippen molar-refractivity contribution in [2.45, 2.75) is 10.2 Å². The van der Waals surface area contributed by atoms with Gasteiger partial charge in [-0.3, -0.25) is 0 Å². The third-order valence-electron chi connectivity index (χ3n) is 1.90. The fourth-order valence-corrected chi connectivity index (χ4v) is 3.71. The highest BCUT2D eigenvalue weighted by Gasteiger charge is 2.09. The summed E-state index contributed by atoms with van der Waals surface area (Å²) in [6.45, 7) is 0. The van der Waals surface area contributed by atoms with Crippen LogP contribution >= 0.6 is 51.5 Å². The molecule has 0 amide bonds. The molecule has 0 radical (unpaired) electrons. The number of rotatable bonds is 1. The maximum Gasteiger partial charge on any atom is 0.0549 e. The highest BCUT2D eigenvalue weighted by molar-refractivity contribution is 9.08. The molecule has 0 nitrogen and oxygen atoms in total. The molecular formula is C9H6BrClS2. The second-order valence-corrected chi connectivity index (χ2v) is 4.99. The number of thiol groups is 1. The summed E-state index contributed by atoms with van der Waals surface area (Å²) in [5, 5.41) is 4.79. The van der Waals surface area contributed by atoms with Crippen LogP contribution in [0.4, 0.5) is 0 Å². The number of thiophene rings is 1. The summed E-state index contributed by atoms with van der Waals surface area (Å²) in [4.78, 5) is 0.883. The van der Waals surface area contributed by atoms with Gasteiger partial charge < -0.3 is 0 Å². The Bertz CT molecular complexity index is 450. The SMILES string of the molecule is Sc1c(Cl)cc2ccsc2c1CBr. The summed E-state index contributed by atoms with van der Waals surface area (Å²) in [5.74, 6) is 0. The molecule has 1 heterocycles. The zero-order valence-electron chi connectivity index (χ0n) is 6.55. The van der Waals surface area contributed by atoms with E-state index in [9.17, 15) is 0 Å². The average Bonchev–Trinajstić information content (AvgIpc) is 2.54. The summed E-state index contributed by atoms with van der Waals surface area (Å²) in [7, 11) is 0. The molecule has 0 spiro atoms. The Hall–Kier alpha value is 0.300. The van der Waals surface area contributed by atoms with Crippen LogP contribution in [-0.2, 0) is 5.33 Å². The lowest BCUT2D eigenvalue weighted by Gasteiger charge is -2.04. The molecule has 0 saturated carbocycles. The zero-order valence-corrected chi connectivity index (χ0v) is 10.6. The first kappa shape index (κ1) is 9.84. The number of hydrogen-bond acceptors (Lipinski definition) is 2. The van der Waals surface area contributed by atoms with E-state index in [1.54, 1.807) is 11.3 Å². The Morgan fingerprint density at radius 3 is 3.00 bits per heavy atom. The number of fused-ring (bicyclic) bond motifs is 1. The second kappa shape index (κ2) is 3.81. The summed E-state index contributed by atoms with van der Waals surface area (Å²) in [6.07, 6.45) is 0. The fraction of sp³-hybridized carbons (Fsp3) is 0.111. The van der Waals surface area contributed by atoms with Crippen LogP contribution in [0.2, 0.25) is 5.02 Å². The maximum absolute atomic E-state index is 6.04. The summed E-state index contributed by atoms with van der Waals surface area (Å²) < 4.78 is 1.27. The van der Waals surface area contributed by atoms with Gasteiger partial charge in [-0.25, -0.2) is 0 Å². The molecule has 0 atom stereocenters. The molecule has 13 heavy (non-hydrogen) atoms. The molecule has 0 fully saturated rings. The van der Waals surface area contributed by atoms with E-state index in [0.29, 0.717) is 0 Å². The van der Waals surface area contributed by atoms with Gasteiger partial charge in [-0.05, 0) is 28.5 Å². The largest absolute Gasteiger partial charge is 0.143 e. The van der Waals surface area contributed by atoms with Crippen LogP contribution < -0.4 is 0 Å². The van der Waals surface area contributed by atoms with Crippen molar-refractivity contribution in [3.05, 3.63) is 28.1 Å². The molecule has 2 rings (SSSR count). The zero-order chi connectivity index (χ0) is 9.42. The van der Waals surface area contributed by atoms with E-state index in [2.05, 4.69) is 40.0 Å². The Labute approximate surface area is 99.4 Å². The van der Waals surface area contributed by atoms with Crippen LogP contribution in [0.25, 0.3) is 10.1 Å². The van der Waals surface area contributed by atoms with Crippen molar-refractivity contribution in [3.8, 4) is 0 Å². The van der Waals surface area contributed by atoms with E-state index >= 15 is 0 Å². The molecule has 0 saturated heterocycles. The minimum absolute atomic E-state index is 0.726. The van der Waals surface area contributed by atoms with E-state index in [1.807, 2.05) is 6.07 Å². The molecule has 0 aliphatic heterocycles. The Balaban J connectivity index is 2.87. The van der Waals surface area contributed by atoms with Crippen molar-refractivity contribution in [3.63, 3.8) is 0 Å². The molecule has 1 aromatic heterocycles. The van der Waals surface area contributed by atoms with Crippen LogP contribution in [0.3, 0.4) is 0 Å². The molecule has 2 aromatic rings. The molecule has 1 aromatic carbocycles. The quantitative estimate of drug-likeness (QED) is 0.570. The van der Waals surface area contributed by atoms with Gasteiger partial charge in [0.25, 0.3) is 0 Å². The lowest BCUT2D eigenvalue weighted by atomic mass is 10.2. The van der Waals surface area contributed by atoms with Gasteiger partial charge in [0.1, 0.15) is 0 Å².